The second kappa shape index (κ2) is 11.8. The first kappa shape index (κ1) is 24.0. The van der Waals surface area contributed by atoms with Crippen LogP contribution in [0.1, 0.15) is 51.9 Å². The van der Waals surface area contributed by atoms with Crippen LogP contribution in [-0.4, -0.2) is 61.8 Å². The van der Waals surface area contributed by atoms with E-state index in [0.29, 0.717) is 24.3 Å². The minimum Gasteiger partial charge on any atom is -0.491 e. The van der Waals surface area contributed by atoms with Gasteiger partial charge in [0.25, 0.3) is 0 Å². The largest absolute Gasteiger partial charge is 0.491 e. The fourth-order valence-electron chi connectivity index (χ4n) is 3.73. The smallest absolute Gasteiger partial charge is 0.303 e. The standard InChI is InChI=1S/C22H34O6S/c1-22(27,14-28-16-9-5-4-6-10-16)15-29-21-17(18(23)13-19(21)24)11-7-2-3-8-12-20(25)26/h4-6,9-10,17-19,21,23-24,27H,2-3,7-8,11-15H2,1H3,(H,25,26)/t17-,18?,19?,21+,22?/m0/s1. The van der Waals surface area contributed by atoms with Gasteiger partial charge in [-0.1, -0.05) is 37.5 Å². The van der Waals surface area contributed by atoms with Crippen molar-refractivity contribution in [3.63, 3.8) is 0 Å². The molecule has 164 valence electrons. The van der Waals surface area contributed by atoms with Crippen molar-refractivity contribution in [1.82, 2.24) is 0 Å². The number of benzene rings is 1. The van der Waals surface area contributed by atoms with Crippen molar-refractivity contribution >= 4 is 17.7 Å². The highest BCUT2D eigenvalue weighted by molar-refractivity contribution is 8.00. The summed E-state index contributed by atoms with van der Waals surface area (Å²) in [6.45, 7) is 1.88. The molecule has 2 rings (SSSR count). The number of aliphatic hydroxyl groups is 3. The lowest BCUT2D eigenvalue weighted by atomic mass is 9.97. The average Bonchev–Trinajstić information content (AvgIpc) is 2.94. The molecule has 7 heteroatoms. The third-order valence-electron chi connectivity index (χ3n) is 5.34. The molecule has 4 N–H and O–H groups in total. The van der Waals surface area contributed by atoms with E-state index in [1.54, 1.807) is 6.92 Å². The summed E-state index contributed by atoms with van der Waals surface area (Å²) in [5.41, 5.74) is -1.05. The highest BCUT2D eigenvalue weighted by Gasteiger charge is 2.42. The third-order valence-corrected chi connectivity index (χ3v) is 7.17. The van der Waals surface area contributed by atoms with E-state index in [0.717, 1.165) is 25.7 Å². The second-order valence-corrected chi connectivity index (χ2v) is 9.42. The van der Waals surface area contributed by atoms with Crippen LogP contribution in [0, 0.1) is 5.92 Å². The molecule has 1 aromatic rings. The number of aliphatic hydroxyl groups excluding tert-OH is 2. The van der Waals surface area contributed by atoms with Crippen molar-refractivity contribution in [1.29, 1.82) is 0 Å². The zero-order valence-electron chi connectivity index (χ0n) is 17.1. The molecule has 1 saturated carbocycles. The predicted molar refractivity (Wildman–Crippen MR) is 114 cm³/mol. The Hall–Kier alpha value is -1.28. The third kappa shape index (κ3) is 8.54. The molecular weight excluding hydrogens is 392 g/mol. The SMILES string of the molecule is CC(O)(COc1ccccc1)CS[C@H]1C(O)CC(O)[C@@H]1CCCCCCC(=O)O. The summed E-state index contributed by atoms with van der Waals surface area (Å²) in [6.07, 6.45) is 3.60. The minimum absolute atomic E-state index is 0.0136. The van der Waals surface area contributed by atoms with E-state index in [1.165, 1.54) is 11.8 Å². The quantitative estimate of drug-likeness (QED) is 0.359. The fraction of sp³-hybridized carbons (Fsp3) is 0.682. The number of ether oxygens (including phenoxy) is 1. The Morgan fingerprint density at radius 3 is 2.52 bits per heavy atom. The number of aliphatic carboxylic acids is 1. The van der Waals surface area contributed by atoms with E-state index < -0.39 is 23.8 Å². The van der Waals surface area contributed by atoms with Crippen LogP contribution >= 0.6 is 11.8 Å². The van der Waals surface area contributed by atoms with Gasteiger partial charge in [0.15, 0.2) is 0 Å². The molecule has 1 aliphatic carbocycles. The monoisotopic (exact) mass is 426 g/mol. The van der Waals surface area contributed by atoms with Crippen LogP contribution in [0.4, 0.5) is 0 Å². The fourth-order valence-corrected chi connectivity index (χ4v) is 5.27. The zero-order valence-corrected chi connectivity index (χ0v) is 17.9. The van der Waals surface area contributed by atoms with E-state index in [-0.39, 0.29) is 24.2 Å². The first-order valence-corrected chi connectivity index (χ1v) is 11.4. The lowest BCUT2D eigenvalue weighted by Crippen LogP contribution is -2.37. The van der Waals surface area contributed by atoms with Gasteiger partial charge >= 0.3 is 5.97 Å². The molecule has 1 aliphatic rings. The summed E-state index contributed by atoms with van der Waals surface area (Å²) < 4.78 is 5.66. The summed E-state index contributed by atoms with van der Waals surface area (Å²) >= 11 is 1.50. The van der Waals surface area contributed by atoms with Crippen molar-refractivity contribution in [2.24, 2.45) is 5.92 Å². The Morgan fingerprint density at radius 1 is 1.14 bits per heavy atom. The highest BCUT2D eigenvalue weighted by Crippen LogP contribution is 2.40. The summed E-state index contributed by atoms with van der Waals surface area (Å²) in [7, 11) is 0. The number of para-hydroxylation sites is 1. The topological polar surface area (TPSA) is 107 Å². The van der Waals surface area contributed by atoms with Crippen molar-refractivity contribution in [2.75, 3.05) is 12.4 Å². The molecule has 29 heavy (non-hydrogen) atoms. The Balaban J connectivity index is 1.76. The summed E-state index contributed by atoms with van der Waals surface area (Å²) in [5, 5.41) is 39.9. The van der Waals surface area contributed by atoms with Crippen LogP contribution in [0.2, 0.25) is 0 Å². The van der Waals surface area contributed by atoms with Crippen molar-refractivity contribution in [2.45, 2.75) is 74.9 Å². The summed E-state index contributed by atoms with van der Waals surface area (Å²) in [5.74, 6) is 0.331. The molecule has 1 aromatic carbocycles. The number of carboxylic acids is 1. The molecule has 0 saturated heterocycles. The predicted octanol–water partition coefficient (Wildman–Crippen LogP) is 3.09. The van der Waals surface area contributed by atoms with E-state index in [9.17, 15) is 20.1 Å². The molecule has 0 aromatic heterocycles. The molecule has 6 nitrogen and oxygen atoms in total. The number of carboxylic acid groups (broad SMARTS) is 1. The Kier molecular flexibility index (Phi) is 9.75. The molecule has 1 fully saturated rings. The normalized spacial score (nSPS) is 26.2. The van der Waals surface area contributed by atoms with Crippen LogP contribution < -0.4 is 4.74 Å². The van der Waals surface area contributed by atoms with E-state index in [4.69, 9.17) is 9.84 Å². The number of thioether (sulfide) groups is 1. The lowest BCUT2D eigenvalue weighted by molar-refractivity contribution is -0.137. The first-order chi connectivity index (χ1) is 13.8. The van der Waals surface area contributed by atoms with Gasteiger partial charge in [0.05, 0.1) is 12.2 Å². The second-order valence-electron chi connectivity index (χ2n) is 8.26. The van der Waals surface area contributed by atoms with Crippen molar-refractivity contribution < 1.29 is 30.0 Å². The van der Waals surface area contributed by atoms with Crippen LogP contribution in [0.5, 0.6) is 5.75 Å². The molecule has 0 amide bonds. The first-order valence-electron chi connectivity index (χ1n) is 10.4. The maximum Gasteiger partial charge on any atom is 0.303 e. The van der Waals surface area contributed by atoms with Gasteiger partial charge in [-0.2, -0.15) is 11.8 Å². The minimum atomic E-state index is -1.05. The number of hydrogen-bond acceptors (Lipinski definition) is 6. The van der Waals surface area contributed by atoms with Gasteiger partial charge in [0.2, 0.25) is 0 Å². The molecule has 0 aliphatic heterocycles. The maximum atomic E-state index is 10.7. The van der Waals surface area contributed by atoms with Gasteiger partial charge in [-0.15, -0.1) is 0 Å². The summed E-state index contributed by atoms with van der Waals surface area (Å²) in [4.78, 5) is 10.6. The molecule has 5 atom stereocenters. The van der Waals surface area contributed by atoms with E-state index in [1.807, 2.05) is 30.3 Å². The summed E-state index contributed by atoms with van der Waals surface area (Å²) in [6, 6.07) is 9.34. The molecule has 3 unspecified atom stereocenters. The number of carbonyl (C=O) groups is 1. The Labute approximate surface area is 177 Å². The van der Waals surface area contributed by atoms with Crippen LogP contribution in [0.3, 0.4) is 0 Å². The van der Waals surface area contributed by atoms with E-state index in [2.05, 4.69) is 0 Å². The zero-order chi connectivity index (χ0) is 21.3. The maximum absolute atomic E-state index is 10.7. The van der Waals surface area contributed by atoms with Gasteiger partial charge in [0.1, 0.15) is 18.0 Å². The molecule has 0 bridgehead atoms. The van der Waals surface area contributed by atoms with Gasteiger partial charge in [-0.05, 0) is 37.8 Å². The molecule has 0 spiro atoms. The number of rotatable bonds is 13. The lowest BCUT2D eigenvalue weighted by Gasteiger charge is -2.28. The van der Waals surface area contributed by atoms with Crippen LogP contribution in [0.15, 0.2) is 30.3 Å². The Morgan fingerprint density at radius 2 is 1.83 bits per heavy atom. The van der Waals surface area contributed by atoms with Gasteiger partial charge in [-0.25, -0.2) is 0 Å². The molecule has 0 heterocycles. The number of hydrogen-bond donors (Lipinski definition) is 4. The highest BCUT2D eigenvalue weighted by atomic mass is 32.2. The van der Waals surface area contributed by atoms with Crippen LogP contribution in [-0.2, 0) is 4.79 Å². The number of unbranched alkanes of at least 4 members (excludes halogenated alkanes) is 3. The molecular formula is C22H34O6S. The van der Waals surface area contributed by atoms with E-state index >= 15 is 0 Å². The van der Waals surface area contributed by atoms with Crippen molar-refractivity contribution in [3.05, 3.63) is 30.3 Å². The van der Waals surface area contributed by atoms with Gasteiger partial charge in [0, 0.05) is 23.8 Å². The van der Waals surface area contributed by atoms with Gasteiger partial charge < -0.3 is 25.2 Å². The molecule has 0 radical (unpaired) electrons. The average molecular weight is 427 g/mol. The van der Waals surface area contributed by atoms with Gasteiger partial charge in [-0.3, -0.25) is 4.79 Å². The Bertz CT molecular complexity index is 609. The van der Waals surface area contributed by atoms with Crippen molar-refractivity contribution in [3.8, 4) is 5.75 Å². The van der Waals surface area contributed by atoms with Crippen LogP contribution in [0.25, 0.3) is 0 Å².